The van der Waals surface area contributed by atoms with Crippen molar-refractivity contribution in [2.45, 2.75) is 39.7 Å². The van der Waals surface area contributed by atoms with Gasteiger partial charge in [-0.1, -0.05) is 0 Å². The molecule has 0 bridgehead atoms. The molecule has 1 aromatic carbocycles. The second-order valence-electron chi connectivity index (χ2n) is 7.83. The molecule has 0 fully saturated rings. The van der Waals surface area contributed by atoms with E-state index in [-0.39, 0.29) is 18.0 Å². The number of nitrogens with one attached hydrogen (secondary N) is 1. The van der Waals surface area contributed by atoms with Gasteiger partial charge in [0.05, 0.1) is 11.4 Å². The summed E-state index contributed by atoms with van der Waals surface area (Å²) in [7, 11) is 0. The quantitative estimate of drug-likeness (QED) is 0.691. The van der Waals surface area contributed by atoms with Crippen LogP contribution in [0, 0.1) is 13.8 Å². The number of aryl methyl sites for hydroxylation is 3. The lowest BCUT2D eigenvalue weighted by Gasteiger charge is -2.19. The summed E-state index contributed by atoms with van der Waals surface area (Å²) in [6, 6.07) is 7.14. The number of anilines is 1. The van der Waals surface area contributed by atoms with Gasteiger partial charge in [-0.15, -0.1) is 0 Å². The number of rotatable bonds is 4. The second-order valence-corrected chi connectivity index (χ2v) is 7.83. The molecule has 0 saturated carbocycles. The summed E-state index contributed by atoms with van der Waals surface area (Å²) in [6.07, 6.45) is 2.34. The van der Waals surface area contributed by atoms with E-state index in [1.807, 2.05) is 19.9 Å². The number of aromatic nitrogens is 4. The molecule has 2 aliphatic rings. The predicted molar refractivity (Wildman–Crippen MR) is 113 cm³/mol. The lowest BCUT2D eigenvalue weighted by molar-refractivity contribution is -0.116. The summed E-state index contributed by atoms with van der Waals surface area (Å²) in [5.74, 6) is 1.27. The molecule has 0 unspecified atom stereocenters. The summed E-state index contributed by atoms with van der Waals surface area (Å²) in [4.78, 5) is 30.8. The summed E-state index contributed by atoms with van der Waals surface area (Å²) >= 11 is 0. The molecule has 1 aliphatic heterocycles. The Morgan fingerprint density at radius 1 is 1.13 bits per heavy atom. The highest BCUT2D eigenvalue weighted by Gasteiger charge is 2.24. The van der Waals surface area contributed by atoms with Gasteiger partial charge in [-0.2, -0.15) is 5.10 Å². The normalized spacial score (nSPS) is 14.4. The Morgan fingerprint density at radius 3 is 2.71 bits per heavy atom. The van der Waals surface area contributed by atoms with Crippen LogP contribution in [0.1, 0.15) is 29.1 Å². The van der Waals surface area contributed by atoms with Gasteiger partial charge in [0.1, 0.15) is 19.8 Å². The van der Waals surface area contributed by atoms with Gasteiger partial charge >= 0.3 is 0 Å². The fourth-order valence-corrected chi connectivity index (χ4v) is 4.12. The van der Waals surface area contributed by atoms with E-state index in [1.165, 1.54) is 4.57 Å². The summed E-state index contributed by atoms with van der Waals surface area (Å²) in [5.41, 5.74) is 3.56. The molecule has 1 amide bonds. The molecule has 0 radical (unpaired) electrons. The van der Waals surface area contributed by atoms with Gasteiger partial charge in [0.2, 0.25) is 11.9 Å². The molecule has 1 aliphatic carbocycles. The van der Waals surface area contributed by atoms with Gasteiger partial charge in [0, 0.05) is 23.0 Å². The summed E-state index contributed by atoms with van der Waals surface area (Å²) < 4.78 is 14.1. The Morgan fingerprint density at radius 2 is 1.94 bits per heavy atom. The highest BCUT2D eigenvalue weighted by Crippen LogP contribution is 2.32. The monoisotopic (exact) mass is 421 g/mol. The standard InChI is InChI=1S/C22H23N5O4/c1-13-10-14(2)27(25-13)22-24-17-5-3-4-16(17)21(29)26(22)12-20(28)23-15-6-7-18-19(11-15)31-9-8-30-18/h6-7,10-11H,3-5,8-9,12H2,1-2H3,(H,23,28). The smallest absolute Gasteiger partial charge is 0.258 e. The van der Waals surface area contributed by atoms with Crippen LogP contribution in [-0.4, -0.2) is 38.5 Å². The number of amides is 1. The first-order valence-electron chi connectivity index (χ1n) is 10.4. The Hall–Kier alpha value is -3.62. The van der Waals surface area contributed by atoms with E-state index in [4.69, 9.17) is 14.5 Å². The molecule has 31 heavy (non-hydrogen) atoms. The maximum absolute atomic E-state index is 13.2. The van der Waals surface area contributed by atoms with Gasteiger partial charge in [0.25, 0.3) is 5.56 Å². The maximum Gasteiger partial charge on any atom is 0.258 e. The van der Waals surface area contributed by atoms with Crippen LogP contribution in [0.15, 0.2) is 29.1 Å². The second kappa shape index (κ2) is 7.57. The number of nitrogens with zero attached hydrogens (tertiary/aromatic N) is 4. The van der Waals surface area contributed by atoms with Crippen LogP contribution < -0.4 is 20.3 Å². The van der Waals surface area contributed by atoms with E-state index in [9.17, 15) is 9.59 Å². The minimum atomic E-state index is -0.332. The van der Waals surface area contributed by atoms with Crippen molar-refractivity contribution in [3.8, 4) is 17.4 Å². The predicted octanol–water partition coefficient (Wildman–Crippen LogP) is 1.94. The SMILES string of the molecule is Cc1cc(C)n(-c2nc3c(c(=O)n2CC(=O)Nc2ccc4c(c2)OCCO4)CCC3)n1. The van der Waals surface area contributed by atoms with Crippen LogP contribution in [-0.2, 0) is 24.2 Å². The topological polar surface area (TPSA) is 100 Å². The molecule has 0 spiro atoms. The first kappa shape index (κ1) is 19.3. The average Bonchev–Trinajstić information content (AvgIpc) is 3.35. The molecule has 5 rings (SSSR count). The molecule has 9 nitrogen and oxygen atoms in total. The van der Waals surface area contributed by atoms with E-state index in [1.54, 1.807) is 22.9 Å². The summed E-state index contributed by atoms with van der Waals surface area (Å²) in [5, 5.41) is 7.32. The molecule has 2 aromatic heterocycles. The van der Waals surface area contributed by atoms with E-state index < -0.39 is 0 Å². The molecular weight excluding hydrogens is 398 g/mol. The van der Waals surface area contributed by atoms with Crippen molar-refractivity contribution in [1.82, 2.24) is 19.3 Å². The van der Waals surface area contributed by atoms with E-state index in [2.05, 4.69) is 10.4 Å². The Labute approximate surface area is 178 Å². The maximum atomic E-state index is 13.2. The summed E-state index contributed by atoms with van der Waals surface area (Å²) in [6.45, 7) is 4.59. The molecule has 0 saturated heterocycles. The van der Waals surface area contributed by atoms with Crippen LogP contribution in [0.25, 0.3) is 5.95 Å². The van der Waals surface area contributed by atoms with Crippen molar-refractivity contribution in [1.29, 1.82) is 0 Å². The van der Waals surface area contributed by atoms with Crippen molar-refractivity contribution in [2.75, 3.05) is 18.5 Å². The lowest BCUT2D eigenvalue weighted by atomic mass is 10.2. The molecule has 3 aromatic rings. The zero-order valence-corrected chi connectivity index (χ0v) is 17.5. The van der Waals surface area contributed by atoms with Gasteiger partial charge in [-0.05, 0) is 51.3 Å². The van der Waals surface area contributed by atoms with Gasteiger partial charge in [-0.3, -0.25) is 14.2 Å². The number of carbonyl (C=O) groups excluding carboxylic acids is 1. The van der Waals surface area contributed by atoms with Crippen molar-refractivity contribution < 1.29 is 14.3 Å². The number of hydrogen-bond donors (Lipinski definition) is 1. The minimum Gasteiger partial charge on any atom is -0.486 e. The van der Waals surface area contributed by atoms with Gasteiger partial charge < -0.3 is 14.8 Å². The van der Waals surface area contributed by atoms with Crippen LogP contribution in [0.5, 0.6) is 11.5 Å². The van der Waals surface area contributed by atoms with E-state index >= 15 is 0 Å². The number of ether oxygens (including phenoxy) is 2. The van der Waals surface area contributed by atoms with Crippen LogP contribution >= 0.6 is 0 Å². The average molecular weight is 421 g/mol. The van der Waals surface area contributed by atoms with Crippen LogP contribution in [0.2, 0.25) is 0 Å². The number of fused-ring (bicyclic) bond motifs is 2. The first-order chi connectivity index (χ1) is 15.0. The third kappa shape index (κ3) is 3.56. The van der Waals surface area contributed by atoms with Crippen molar-refractivity contribution >= 4 is 11.6 Å². The third-order valence-corrected chi connectivity index (χ3v) is 5.50. The van der Waals surface area contributed by atoms with Crippen LogP contribution in [0.3, 0.4) is 0 Å². The molecule has 160 valence electrons. The van der Waals surface area contributed by atoms with Gasteiger partial charge in [-0.25, -0.2) is 9.67 Å². The van der Waals surface area contributed by atoms with Crippen molar-refractivity contribution in [3.05, 3.63) is 57.3 Å². The highest BCUT2D eigenvalue weighted by molar-refractivity contribution is 5.91. The Bertz CT molecular complexity index is 1240. The largest absolute Gasteiger partial charge is 0.486 e. The Balaban J connectivity index is 1.48. The Kier molecular flexibility index (Phi) is 4.72. The van der Waals surface area contributed by atoms with Crippen molar-refractivity contribution in [3.63, 3.8) is 0 Å². The number of benzene rings is 1. The minimum absolute atomic E-state index is 0.165. The number of carbonyl (C=O) groups is 1. The molecule has 1 N–H and O–H groups in total. The highest BCUT2D eigenvalue weighted by atomic mass is 16.6. The molecule has 3 heterocycles. The zero-order valence-electron chi connectivity index (χ0n) is 17.5. The lowest BCUT2D eigenvalue weighted by Crippen LogP contribution is -2.34. The first-order valence-corrected chi connectivity index (χ1v) is 10.4. The van der Waals surface area contributed by atoms with E-state index in [0.29, 0.717) is 48.3 Å². The van der Waals surface area contributed by atoms with Crippen LogP contribution in [0.4, 0.5) is 5.69 Å². The third-order valence-electron chi connectivity index (χ3n) is 5.50. The fraction of sp³-hybridized carbons (Fsp3) is 0.364. The van der Waals surface area contributed by atoms with E-state index in [0.717, 1.165) is 29.9 Å². The molecular formula is C22H23N5O4. The van der Waals surface area contributed by atoms with Gasteiger partial charge in [0.15, 0.2) is 11.5 Å². The molecule has 0 atom stereocenters. The van der Waals surface area contributed by atoms with Crippen molar-refractivity contribution in [2.24, 2.45) is 0 Å². The zero-order chi connectivity index (χ0) is 21.5. The molecule has 9 heteroatoms. The fourth-order valence-electron chi connectivity index (χ4n) is 4.12. The number of hydrogen-bond acceptors (Lipinski definition) is 6.